The molecule has 128 valence electrons. The summed E-state index contributed by atoms with van der Waals surface area (Å²) in [4.78, 5) is 6.52. The molecular formula is C21H22N2O2. The van der Waals surface area contributed by atoms with Gasteiger partial charge in [0.1, 0.15) is 30.5 Å². The highest BCUT2D eigenvalue weighted by Crippen LogP contribution is 2.16. The summed E-state index contributed by atoms with van der Waals surface area (Å²) in [6, 6.07) is 23.8. The Morgan fingerprint density at radius 1 is 0.800 bits per heavy atom. The van der Waals surface area contributed by atoms with Crippen LogP contribution in [0.4, 0.5) is 5.82 Å². The van der Waals surface area contributed by atoms with E-state index in [0.29, 0.717) is 13.2 Å². The smallest absolute Gasteiger partial charge is 0.138 e. The van der Waals surface area contributed by atoms with E-state index in [0.717, 1.165) is 29.4 Å². The van der Waals surface area contributed by atoms with Crippen LogP contribution in [0.1, 0.15) is 5.56 Å². The number of ether oxygens (including phenoxy) is 2. The SMILES string of the molecule is CN(CCOc1ccccc1)c1ccc(OCc2ccccc2)cn1. The summed E-state index contributed by atoms with van der Waals surface area (Å²) >= 11 is 0. The quantitative estimate of drug-likeness (QED) is 0.619. The van der Waals surface area contributed by atoms with Crippen LogP contribution in [-0.2, 0) is 6.61 Å². The van der Waals surface area contributed by atoms with Crippen LogP contribution in [0.25, 0.3) is 0 Å². The summed E-state index contributed by atoms with van der Waals surface area (Å²) in [7, 11) is 2.00. The van der Waals surface area contributed by atoms with Crippen molar-refractivity contribution in [3.8, 4) is 11.5 Å². The van der Waals surface area contributed by atoms with E-state index in [1.165, 1.54) is 0 Å². The molecule has 0 aliphatic carbocycles. The van der Waals surface area contributed by atoms with Crippen LogP contribution in [0.2, 0.25) is 0 Å². The van der Waals surface area contributed by atoms with Crippen LogP contribution in [0.3, 0.4) is 0 Å². The number of likely N-dealkylation sites (N-methyl/N-ethyl adjacent to an activating group) is 1. The van der Waals surface area contributed by atoms with Crippen molar-refractivity contribution in [2.45, 2.75) is 6.61 Å². The Kier molecular flexibility index (Phi) is 5.88. The highest BCUT2D eigenvalue weighted by molar-refractivity contribution is 5.40. The molecule has 0 atom stereocenters. The van der Waals surface area contributed by atoms with Gasteiger partial charge in [-0.1, -0.05) is 48.5 Å². The third-order valence-corrected chi connectivity index (χ3v) is 3.80. The number of hydrogen-bond acceptors (Lipinski definition) is 4. The second-order valence-electron chi connectivity index (χ2n) is 5.71. The molecule has 0 N–H and O–H groups in total. The molecule has 0 aliphatic heterocycles. The molecule has 0 fully saturated rings. The van der Waals surface area contributed by atoms with Gasteiger partial charge in [0, 0.05) is 7.05 Å². The van der Waals surface area contributed by atoms with Crippen LogP contribution in [-0.4, -0.2) is 25.2 Å². The molecule has 0 bridgehead atoms. The Labute approximate surface area is 148 Å². The first-order valence-electron chi connectivity index (χ1n) is 8.33. The van der Waals surface area contributed by atoms with Gasteiger partial charge in [-0.3, -0.25) is 0 Å². The summed E-state index contributed by atoms with van der Waals surface area (Å²) in [6.07, 6.45) is 1.76. The lowest BCUT2D eigenvalue weighted by atomic mass is 10.2. The molecule has 0 unspecified atom stereocenters. The second-order valence-corrected chi connectivity index (χ2v) is 5.71. The summed E-state index contributed by atoms with van der Waals surface area (Å²) in [5, 5.41) is 0. The van der Waals surface area contributed by atoms with Crippen molar-refractivity contribution in [3.63, 3.8) is 0 Å². The van der Waals surface area contributed by atoms with Gasteiger partial charge in [0.05, 0.1) is 12.7 Å². The fourth-order valence-corrected chi connectivity index (χ4v) is 2.36. The topological polar surface area (TPSA) is 34.6 Å². The molecule has 0 radical (unpaired) electrons. The van der Waals surface area contributed by atoms with Gasteiger partial charge in [0.25, 0.3) is 0 Å². The van der Waals surface area contributed by atoms with Crippen LogP contribution in [0.5, 0.6) is 11.5 Å². The van der Waals surface area contributed by atoms with Crippen molar-refractivity contribution < 1.29 is 9.47 Å². The molecule has 0 saturated carbocycles. The van der Waals surface area contributed by atoms with Crippen molar-refractivity contribution >= 4 is 5.82 Å². The molecule has 4 heteroatoms. The summed E-state index contributed by atoms with van der Waals surface area (Å²) in [5.74, 6) is 2.54. The highest BCUT2D eigenvalue weighted by atomic mass is 16.5. The Bertz CT molecular complexity index is 746. The predicted molar refractivity (Wildman–Crippen MR) is 100 cm³/mol. The maximum atomic E-state index is 5.76. The predicted octanol–water partition coefficient (Wildman–Crippen LogP) is 4.18. The van der Waals surface area contributed by atoms with Crippen LogP contribution < -0.4 is 14.4 Å². The molecule has 25 heavy (non-hydrogen) atoms. The van der Waals surface area contributed by atoms with Crippen molar-refractivity contribution in [1.29, 1.82) is 0 Å². The Morgan fingerprint density at radius 2 is 1.52 bits per heavy atom. The van der Waals surface area contributed by atoms with Gasteiger partial charge < -0.3 is 14.4 Å². The van der Waals surface area contributed by atoms with Crippen molar-refractivity contribution in [2.75, 3.05) is 25.1 Å². The third-order valence-electron chi connectivity index (χ3n) is 3.80. The molecular weight excluding hydrogens is 312 g/mol. The van der Waals surface area contributed by atoms with Gasteiger partial charge in [0.15, 0.2) is 0 Å². The van der Waals surface area contributed by atoms with E-state index in [2.05, 4.69) is 9.88 Å². The van der Waals surface area contributed by atoms with E-state index in [1.54, 1.807) is 6.20 Å². The molecule has 1 aromatic heterocycles. The number of nitrogens with zero attached hydrogens (tertiary/aromatic N) is 2. The molecule has 2 aromatic carbocycles. The number of hydrogen-bond donors (Lipinski definition) is 0. The monoisotopic (exact) mass is 334 g/mol. The molecule has 3 rings (SSSR count). The first kappa shape index (κ1) is 16.8. The van der Waals surface area contributed by atoms with Crippen molar-refractivity contribution in [3.05, 3.63) is 84.6 Å². The molecule has 0 spiro atoms. The fraction of sp³-hybridized carbons (Fsp3) is 0.190. The zero-order valence-corrected chi connectivity index (χ0v) is 14.3. The van der Waals surface area contributed by atoms with E-state index >= 15 is 0 Å². The zero-order chi connectivity index (χ0) is 17.3. The normalized spacial score (nSPS) is 10.3. The number of para-hydroxylation sites is 1. The van der Waals surface area contributed by atoms with E-state index in [4.69, 9.17) is 9.47 Å². The van der Waals surface area contributed by atoms with Gasteiger partial charge >= 0.3 is 0 Å². The summed E-state index contributed by atoms with van der Waals surface area (Å²) in [6.45, 7) is 1.91. The average molecular weight is 334 g/mol. The molecule has 4 nitrogen and oxygen atoms in total. The van der Waals surface area contributed by atoms with Gasteiger partial charge in [-0.15, -0.1) is 0 Å². The minimum atomic E-state index is 0.544. The largest absolute Gasteiger partial charge is 0.492 e. The summed E-state index contributed by atoms with van der Waals surface area (Å²) < 4.78 is 11.5. The maximum absolute atomic E-state index is 5.76. The Morgan fingerprint density at radius 3 is 2.20 bits per heavy atom. The first-order valence-corrected chi connectivity index (χ1v) is 8.33. The molecule has 0 amide bonds. The van der Waals surface area contributed by atoms with E-state index < -0.39 is 0 Å². The fourth-order valence-electron chi connectivity index (χ4n) is 2.36. The van der Waals surface area contributed by atoms with Crippen molar-refractivity contribution in [1.82, 2.24) is 4.98 Å². The molecule has 3 aromatic rings. The minimum Gasteiger partial charge on any atom is -0.492 e. The Hall–Kier alpha value is -3.01. The average Bonchev–Trinajstić information content (AvgIpc) is 2.68. The highest BCUT2D eigenvalue weighted by Gasteiger charge is 2.04. The van der Waals surface area contributed by atoms with Gasteiger partial charge in [-0.05, 0) is 29.8 Å². The van der Waals surface area contributed by atoms with Crippen LogP contribution >= 0.6 is 0 Å². The second kappa shape index (κ2) is 8.73. The lowest BCUT2D eigenvalue weighted by molar-refractivity contribution is 0.305. The van der Waals surface area contributed by atoms with Gasteiger partial charge in [0.2, 0.25) is 0 Å². The number of benzene rings is 2. The maximum Gasteiger partial charge on any atom is 0.138 e. The van der Waals surface area contributed by atoms with Crippen molar-refractivity contribution in [2.24, 2.45) is 0 Å². The minimum absolute atomic E-state index is 0.544. The standard InChI is InChI=1S/C21H22N2O2/c1-23(14-15-24-19-10-6-3-7-11-19)21-13-12-20(16-22-21)25-17-18-8-4-2-5-9-18/h2-13,16H,14-15,17H2,1H3. The van der Waals surface area contributed by atoms with E-state index in [1.807, 2.05) is 79.8 Å². The van der Waals surface area contributed by atoms with E-state index in [9.17, 15) is 0 Å². The number of anilines is 1. The molecule has 1 heterocycles. The van der Waals surface area contributed by atoms with Crippen LogP contribution in [0.15, 0.2) is 79.0 Å². The van der Waals surface area contributed by atoms with E-state index in [-0.39, 0.29) is 0 Å². The number of pyridine rings is 1. The van der Waals surface area contributed by atoms with Gasteiger partial charge in [-0.25, -0.2) is 4.98 Å². The lowest BCUT2D eigenvalue weighted by Crippen LogP contribution is -2.24. The molecule has 0 saturated heterocycles. The van der Waals surface area contributed by atoms with Crippen LogP contribution in [0, 0.1) is 0 Å². The summed E-state index contributed by atoms with van der Waals surface area (Å²) in [5.41, 5.74) is 1.14. The zero-order valence-electron chi connectivity index (χ0n) is 14.3. The number of aromatic nitrogens is 1. The first-order chi connectivity index (χ1) is 12.3. The Balaban J connectivity index is 1.46. The lowest BCUT2D eigenvalue weighted by Gasteiger charge is -2.18. The molecule has 0 aliphatic rings. The van der Waals surface area contributed by atoms with Gasteiger partial charge in [-0.2, -0.15) is 0 Å². The number of rotatable bonds is 8. The third kappa shape index (κ3) is 5.24.